The lowest BCUT2D eigenvalue weighted by Crippen LogP contribution is -2.40. The first-order valence-corrected chi connectivity index (χ1v) is 6.09. The van der Waals surface area contributed by atoms with Gasteiger partial charge in [0.25, 0.3) is 0 Å². The molecule has 2 rings (SSSR count). The Kier molecular flexibility index (Phi) is 3.50. The lowest BCUT2D eigenvalue weighted by Gasteiger charge is -2.31. The molecule has 4 heteroatoms. The van der Waals surface area contributed by atoms with Crippen LogP contribution in [0.3, 0.4) is 0 Å². The summed E-state index contributed by atoms with van der Waals surface area (Å²) in [6, 6.07) is 0.724. The van der Waals surface area contributed by atoms with Gasteiger partial charge in [0.15, 0.2) is 0 Å². The Balaban J connectivity index is 1.79. The van der Waals surface area contributed by atoms with Gasteiger partial charge in [-0.25, -0.2) is 4.98 Å². The predicted octanol–water partition coefficient (Wildman–Crippen LogP) is 1.33. The van der Waals surface area contributed by atoms with E-state index in [9.17, 15) is 0 Å². The zero-order valence-corrected chi connectivity index (χ0v) is 9.39. The quantitative estimate of drug-likeness (QED) is 0.817. The summed E-state index contributed by atoms with van der Waals surface area (Å²) < 4.78 is 0. The Morgan fingerprint density at radius 2 is 2.36 bits per heavy atom. The molecule has 0 bridgehead atoms. The molecule has 0 unspecified atom stereocenters. The monoisotopic (exact) mass is 211 g/mol. The summed E-state index contributed by atoms with van der Waals surface area (Å²) in [6.45, 7) is 3.42. The summed E-state index contributed by atoms with van der Waals surface area (Å²) in [7, 11) is 2.06. The van der Waals surface area contributed by atoms with Gasteiger partial charge < -0.3 is 5.32 Å². The van der Waals surface area contributed by atoms with Gasteiger partial charge in [0, 0.05) is 31.1 Å². The zero-order valence-electron chi connectivity index (χ0n) is 8.57. The Hall–Kier alpha value is -0.450. The molecule has 0 atom stereocenters. The third-order valence-corrected chi connectivity index (χ3v) is 3.50. The molecule has 2 heterocycles. The zero-order chi connectivity index (χ0) is 9.80. The van der Waals surface area contributed by atoms with Gasteiger partial charge in [-0.1, -0.05) is 0 Å². The molecule has 0 amide bonds. The maximum absolute atomic E-state index is 4.31. The van der Waals surface area contributed by atoms with Gasteiger partial charge in [-0.2, -0.15) is 0 Å². The summed E-state index contributed by atoms with van der Waals surface area (Å²) in [5.41, 5.74) is 3.13. The smallest absolute Gasteiger partial charge is 0.0795 e. The molecule has 3 nitrogen and oxygen atoms in total. The molecule has 1 fully saturated rings. The number of aromatic nitrogens is 1. The van der Waals surface area contributed by atoms with Crippen molar-refractivity contribution in [1.29, 1.82) is 0 Å². The van der Waals surface area contributed by atoms with Crippen molar-refractivity contribution in [3.8, 4) is 0 Å². The molecule has 0 aliphatic carbocycles. The first kappa shape index (κ1) is 10.1. The molecule has 1 aliphatic heterocycles. The lowest BCUT2D eigenvalue weighted by atomic mass is 10.1. The fourth-order valence-corrected chi connectivity index (χ4v) is 2.47. The van der Waals surface area contributed by atoms with Crippen molar-refractivity contribution in [3.63, 3.8) is 0 Å². The number of hydrogen-bond acceptors (Lipinski definition) is 4. The van der Waals surface area contributed by atoms with Crippen molar-refractivity contribution in [2.24, 2.45) is 0 Å². The highest BCUT2D eigenvalue weighted by atomic mass is 32.1. The van der Waals surface area contributed by atoms with Crippen molar-refractivity contribution < 1.29 is 0 Å². The summed E-state index contributed by atoms with van der Waals surface area (Å²) in [4.78, 5) is 6.80. The van der Waals surface area contributed by atoms with E-state index in [4.69, 9.17) is 0 Å². The van der Waals surface area contributed by atoms with E-state index in [1.807, 2.05) is 5.51 Å². The van der Waals surface area contributed by atoms with Crippen molar-refractivity contribution in [2.45, 2.75) is 25.4 Å². The maximum Gasteiger partial charge on any atom is 0.0795 e. The number of piperidine rings is 1. The van der Waals surface area contributed by atoms with Gasteiger partial charge in [0.2, 0.25) is 0 Å². The SMILES string of the molecule is CNC1CCN(Cc2cscn2)CC1. The van der Waals surface area contributed by atoms with Gasteiger partial charge >= 0.3 is 0 Å². The van der Waals surface area contributed by atoms with E-state index in [0.29, 0.717) is 0 Å². The molecule has 14 heavy (non-hydrogen) atoms. The molecule has 0 spiro atoms. The maximum atomic E-state index is 4.31. The number of likely N-dealkylation sites (tertiary alicyclic amines) is 1. The van der Waals surface area contributed by atoms with Gasteiger partial charge in [-0.05, 0) is 19.9 Å². The summed E-state index contributed by atoms with van der Waals surface area (Å²) >= 11 is 1.68. The molecular weight excluding hydrogens is 194 g/mol. The first-order valence-electron chi connectivity index (χ1n) is 5.15. The highest BCUT2D eigenvalue weighted by Gasteiger charge is 2.17. The van der Waals surface area contributed by atoms with Crippen molar-refractivity contribution >= 4 is 11.3 Å². The van der Waals surface area contributed by atoms with Gasteiger partial charge in [0.1, 0.15) is 0 Å². The van der Waals surface area contributed by atoms with Crippen LogP contribution in [-0.4, -0.2) is 36.1 Å². The molecule has 1 aromatic rings. The number of rotatable bonds is 3. The van der Waals surface area contributed by atoms with Crippen LogP contribution in [0.15, 0.2) is 10.9 Å². The fraction of sp³-hybridized carbons (Fsp3) is 0.700. The van der Waals surface area contributed by atoms with E-state index >= 15 is 0 Å². The lowest BCUT2D eigenvalue weighted by molar-refractivity contribution is 0.193. The molecule has 1 aromatic heterocycles. The van der Waals surface area contributed by atoms with Crippen LogP contribution in [0.1, 0.15) is 18.5 Å². The standard InChI is InChI=1S/C10H17N3S/c1-11-9-2-4-13(5-3-9)6-10-7-14-8-12-10/h7-9,11H,2-6H2,1H3. The molecule has 1 N–H and O–H groups in total. The fourth-order valence-electron chi connectivity index (χ4n) is 1.92. The van der Waals surface area contributed by atoms with Gasteiger partial charge in [0.05, 0.1) is 11.2 Å². The third kappa shape index (κ3) is 2.53. The van der Waals surface area contributed by atoms with E-state index in [1.165, 1.54) is 31.6 Å². The minimum Gasteiger partial charge on any atom is -0.317 e. The van der Waals surface area contributed by atoms with Crippen LogP contribution in [0, 0.1) is 0 Å². The molecule has 0 saturated carbocycles. The molecule has 78 valence electrons. The molecule has 0 aromatic carbocycles. The molecule has 1 saturated heterocycles. The molecule has 0 radical (unpaired) electrons. The van der Waals surface area contributed by atoms with Crippen LogP contribution in [-0.2, 0) is 6.54 Å². The van der Waals surface area contributed by atoms with E-state index in [0.717, 1.165) is 12.6 Å². The number of nitrogens with zero attached hydrogens (tertiary/aromatic N) is 2. The average molecular weight is 211 g/mol. The van der Waals surface area contributed by atoms with E-state index in [2.05, 4.69) is 27.6 Å². The van der Waals surface area contributed by atoms with Crippen molar-refractivity contribution in [2.75, 3.05) is 20.1 Å². The highest BCUT2D eigenvalue weighted by molar-refractivity contribution is 7.07. The van der Waals surface area contributed by atoms with Crippen LogP contribution in [0.5, 0.6) is 0 Å². The Morgan fingerprint density at radius 1 is 1.57 bits per heavy atom. The second-order valence-corrected chi connectivity index (χ2v) is 4.54. The largest absolute Gasteiger partial charge is 0.317 e. The van der Waals surface area contributed by atoms with Gasteiger partial charge in [-0.15, -0.1) is 11.3 Å². The average Bonchev–Trinajstić information content (AvgIpc) is 2.72. The Labute approximate surface area is 89.1 Å². The van der Waals surface area contributed by atoms with Crippen molar-refractivity contribution in [3.05, 3.63) is 16.6 Å². The van der Waals surface area contributed by atoms with Crippen LogP contribution >= 0.6 is 11.3 Å². The second-order valence-electron chi connectivity index (χ2n) is 3.82. The minimum absolute atomic E-state index is 0.724. The Bertz CT molecular complexity index is 252. The number of thiazole rings is 1. The number of hydrogen-bond donors (Lipinski definition) is 1. The van der Waals surface area contributed by atoms with E-state index < -0.39 is 0 Å². The van der Waals surface area contributed by atoms with E-state index in [1.54, 1.807) is 11.3 Å². The van der Waals surface area contributed by atoms with Crippen LogP contribution in [0.25, 0.3) is 0 Å². The predicted molar refractivity (Wildman–Crippen MR) is 59.5 cm³/mol. The summed E-state index contributed by atoms with van der Waals surface area (Å²) in [5.74, 6) is 0. The summed E-state index contributed by atoms with van der Waals surface area (Å²) in [5, 5.41) is 5.49. The third-order valence-electron chi connectivity index (χ3n) is 2.86. The highest BCUT2D eigenvalue weighted by Crippen LogP contribution is 2.13. The first-order chi connectivity index (χ1) is 6.88. The van der Waals surface area contributed by atoms with Gasteiger partial charge in [-0.3, -0.25) is 4.90 Å². The van der Waals surface area contributed by atoms with Crippen LogP contribution in [0.4, 0.5) is 0 Å². The van der Waals surface area contributed by atoms with E-state index in [-0.39, 0.29) is 0 Å². The Morgan fingerprint density at radius 3 is 2.93 bits per heavy atom. The van der Waals surface area contributed by atoms with Crippen LogP contribution in [0.2, 0.25) is 0 Å². The van der Waals surface area contributed by atoms with Crippen molar-refractivity contribution in [1.82, 2.24) is 15.2 Å². The topological polar surface area (TPSA) is 28.2 Å². The van der Waals surface area contributed by atoms with Crippen LogP contribution < -0.4 is 5.32 Å². The minimum atomic E-state index is 0.724. The normalized spacial score (nSPS) is 20.1. The molecular formula is C10H17N3S. The molecule has 1 aliphatic rings. The summed E-state index contributed by atoms with van der Waals surface area (Å²) in [6.07, 6.45) is 2.53. The number of nitrogens with one attached hydrogen (secondary N) is 1. The second kappa shape index (κ2) is 4.87.